The molecular formula is C25H27N3O3. The Morgan fingerprint density at radius 1 is 1.13 bits per heavy atom. The van der Waals surface area contributed by atoms with Gasteiger partial charge in [-0.25, -0.2) is 0 Å². The van der Waals surface area contributed by atoms with Gasteiger partial charge < -0.3 is 15.0 Å². The Labute approximate surface area is 182 Å². The summed E-state index contributed by atoms with van der Waals surface area (Å²) in [6.45, 7) is 1.32. The van der Waals surface area contributed by atoms with Crippen LogP contribution in [-0.2, 0) is 11.2 Å². The van der Waals surface area contributed by atoms with E-state index in [9.17, 15) is 9.59 Å². The van der Waals surface area contributed by atoms with Crippen LogP contribution in [-0.4, -0.2) is 47.9 Å². The van der Waals surface area contributed by atoms with Gasteiger partial charge in [-0.05, 0) is 41.7 Å². The maximum absolute atomic E-state index is 12.8. The predicted octanol–water partition coefficient (Wildman–Crippen LogP) is 3.60. The minimum atomic E-state index is -0.250. The first-order valence-corrected chi connectivity index (χ1v) is 10.7. The Kier molecular flexibility index (Phi) is 6.46. The lowest BCUT2D eigenvalue weighted by atomic mass is 10.0. The van der Waals surface area contributed by atoms with Gasteiger partial charge in [-0.2, -0.15) is 0 Å². The first-order valence-electron chi connectivity index (χ1n) is 10.7. The number of aromatic nitrogens is 1. The van der Waals surface area contributed by atoms with Gasteiger partial charge in [-0.1, -0.05) is 42.5 Å². The number of carbonyl (C=O) groups is 2. The fraction of sp³-hybridized carbons (Fsp3) is 0.320. The molecule has 6 nitrogen and oxygen atoms in total. The first kappa shape index (κ1) is 20.8. The van der Waals surface area contributed by atoms with Gasteiger partial charge in [0.25, 0.3) is 5.91 Å². The van der Waals surface area contributed by atoms with Gasteiger partial charge in [-0.3, -0.25) is 14.6 Å². The quantitative estimate of drug-likeness (QED) is 0.665. The number of hydrogen-bond donors (Lipinski definition) is 1. The number of benzene rings is 2. The normalized spacial score (nSPS) is 16.2. The van der Waals surface area contributed by atoms with E-state index in [1.54, 1.807) is 25.4 Å². The molecule has 0 aliphatic carbocycles. The van der Waals surface area contributed by atoms with Crippen molar-refractivity contribution in [3.05, 3.63) is 72.1 Å². The molecule has 1 saturated heterocycles. The standard InChI is InChI=1S/C25H27N3O3/c1-26-25(30)23-16-21(12-13-27-23)31-22-7-4-14-28(17-22)24(29)11-9-18-8-10-19-5-2-3-6-20(19)15-18/h2-3,5-6,8,10,12-13,15-16,22H,4,7,9,11,14,17H2,1H3,(H,26,30). The summed E-state index contributed by atoms with van der Waals surface area (Å²) < 4.78 is 6.07. The number of carbonyl (C=O) groups excluding carboxylic acids is 2. The lowest BCUT2D eigenvalue weighted by Crippen LogP contribution is -2.44. The lowest BCUT2D eigenvalue weighted by Gasteiger charge is -2.33. The van der Waals surface area contributed by atoms with Crippen LogP contribution in [0, 0.1) is 0 Å². The Balaban J connectivity index is 1.33. The largest absolute Gasteiger partial charge is 0.488 e. The highest BCUT2D eigenvalue weighted by Gasteiger charge is 2.25. The third-order valence-electron chi connectivity index (χ3n) is 5.67. The second-order valence-corrected chi connectivity index (χ2v) is 7.86. The highest BCUT2D eigenvalue weighted by Crippen LogP contribution is 2.21. The SMILES string of the molecule is CNC(=O)c1cc(OC2CCCN(C(=O)CCc3ccc4ccccc4c3)C2)ccn1. The number of rotatable bonds is 6. The minimum Gasteiger partial charge on any atom is -0.488 e. The van der Waals surface area contributed by atoms with Crippen molar-refractivity contribution in [2.75, 3.05) is 20.1 Å². The van der Waals surface area contributed by atoms with Crippen LogP contribution >= 0.6 is 0 Å². The van der Waals surface area contributed by atoms with Crippen LogP contribution < -0.4 is 10.1 Å². The van der Waals surface area contributed by atoms with Crippen LogP contribution in [0.5, 0.6) is 5.75 Å². The number of hydrogen-bond acceptors (Lipinski definition) is 4. The molecule has 3 aromatic rings. The molecule has 2 aromatic carbocycles. The molecule has 0 saturated carbocycles. The number of likely N-dealkylation sites (tertiary alicyclic amines) is 1. The number of pyridine rings is 1. The molecule has 31 heavy (non-hydrogen) atoms. The zero-order chi connectivity index (χ0) is 21.6. The van der Waals surface area contributed by atoms with Crippen molar-refractivity contribution in [1.82, 2.24) is 15.2 Å². The van der Waals surface area contributed by atoms with Crippen molar-refractivity contribution in [2.45, 2.75) is 31.8 Å². The van der Waals surface area contributed by atoms with E-state index in [4.69, 9.17) is 4.74 Å². The molecule has 4 rings (SSSR count). The predicted molar refractivity (Wildman–Crippen MR) is 120 cm³/mol. The zero-order valence-electron chi connectivity index (χ0n) is 17.7. The fourth-order valence-electron chi connectivity index (χ4n) is 3.99. The van der Waals surface area contributed by atoms with E-state index in [-0.39, 0.29) is 17.9 Å². The molecule has 1 unspecified atom stereocenters. The molecule has 2 amide bonds. The van der Waals surface area contributed by atoms with E-state index < -0.39 is 0 Å². The van der Waals surface area contributed by atoms with Crippen LogP contribution in [0.3, 0.4) is 0 Å². The number of aryl methyl sites for hydroxylation is 1. The minimum absolute atomic E-state index is 0.0849. The van der Waals surface area contributed by atoms with E-state index in [2.05, 4.69) is 40.6 Å². The summed E-state index contributed by atoms with van der Waals surface area (Å²) in [6.07, 6.45) is 4.48. The smallest absolute Gasteiger partial charge is 0.269 e. The van der Waals surface area contributed by atoms with Crippen LogP contribution in [0.25, 0.3) is 10.8 Å². The summed E-state index contributed by atoms with van der Waals surface area (Å²) in [5.41, 5.74) is 1.49. The highest BCUT2D eigenvalue weighted by molar-refractivity contribution is 5.92. The Hall–Kier alpha value is -3.41. The van der Waals surface area contributed by atoms with Gasteiger partial charge in [0.1, 0.15) is 17.5 Å². The van der Waals surface area contributed by atoms with Crippen molar-refractivity contribution in [3.8, 4) is 5.75 Å². The van der Waals surface area contributed by atoms with E-state index in [0.717, 1.165) is 25.8 Å². The number of nitrogens with one attached hydrogen (secondary N) is 1. The number of piperidine rings is 1. The van der Waals surface area contributed by atoms with E-state index in [0.29, 0.717) is 24.4 Å². The Morgan fingerprint density at radius 2 is 1.97 bits per heavy atom. The summed E-state index contributed by atoms with van der Waals surface area (Å²) in [5.74, 6) is 0.505. The molecule has 0 bridgehead atoms. The van der Waals surface area contributed by atoms with Crippen molar-refractivity contribution >= 4 is 22.6 Å². The molecule has 2 heterocycles. The van der Waals surface area contributed by atoms with Gasteiger partial charge in [0.15, 0.2) is 0 Å². The molecule has 1 aliphatic heterocycles. The summed E-state index contributed by atoms with van der Waals surface area (Å²) in [4.78, 5) is 30.6. The van der Waals surface area contributed by atoms with E-state index in [1.165, 1.54) is 16.3 Å². The van der Waals surface area contributed by atoms with E-state index in [1.807, 2.05) is 17.0 Å². The molecule has 160 valence electrons. The molecule has 6 heteroatoms. The topological polar surface area (TPSA) is 71.5 Å². The molecule has 1 fully saturated rings. The van der Waals surface area contributed by atoms with Crippen molar-refractivity contribution < 1.29 is 14.3 Å². The van der Waals surface area contributed by atoms with Crippen LogP contribution in [0.2, 0.25) is 0 Å². The molecule has 1 aromatic heterocycles. The van der Waals surface area contributed by atoms with Crippen LogP contribution in [0.4, 0.5) is 0 Å². The first-order chi connectivity index (χ1) is 15.1. The number of amides is 2. The average Bonchev–Trinajstić information content (AvgIpc) is 2.82. The summed E-state index contributed by atoms with van der Waals surface area (Å²) in [6, 6.07) is 18.0. The second-order valence-electron chi connectivity index (χ2n) is 7.86. The van der Waals surface area contributed by atoms with Crippen LogP contribution in [0.15, 0.2) is 60.8 Å². The van der Waals surface area contributed by atoms with Gasteiger partial charge in [-0.15, -0.1) is 0 Å². The van der Waals surface area contributed by atoms with Crippen molar-refractivity contribution in [2.24, 2.45) is 0 Å². The Morgan fingerprint density at radius 3 is 2.81 bits per heavy atom. The molecule has 1 atom stereocenters. The molecular weight excluding hydrogens is 390 g/mol. The number of nitrogens with zero attached hydrogens (tertiary/aromatic N) is 2. The van der Waals surface area contributed by atoms with Crippen LogP contribution in [0.1, 0.15) is 35.3 Å². The third-order valence-corrected chi connectivity index (χ3v) is 5.67. The molecule has 1 N–H and O–H groups in total. The monoisotopic (exact) mass is 417 g/mol. The van der Waals surface area contributed by atoms with Gasteiger partial charge in [0.2, 0.25) is 5.91 Å². The van der Waals surface area contributed by atoms with E-state index >= 15 is 0 Å². The maximum atomic E-state index is 12.8. The molecule has 1 aliphatic rings. The van der Waals surface area contributed by atoms with Crippen molar-refractivity contribution in [1.29, 1.82) is 0 Å². The molecule has 0 spiro atoms. The van der Waals surface area contributed by atoms with Crippen molar-refractivity contribution in [3.63, 3.8) is 0 Å². The lowest BCUT2D eigenvalue weighted by molar-refractivity contribution is -0.133. The van der Waals surface area contributed by atoms with Gasteiger partial charge in [0.05, 0.1) is 6.54 Å². The fourth-order valence-corrected chi connectivity index (χ4v) is 3.99. The summed E-state index contributed by atoms with van der Waals surface area (Å²) >= 11 is 0. The second kappa shape index (κ2) is 9.60. The summed E-state index contributed by atoms with van der Waals surface area (Å²) in [7, 11) is 1.57. The van der Waals surface area contributed by atoms with Gasteiger partial charge >= 0.3 is 0 Å². The zero-order valence-corrected chi connectivity index (χ0v) is 17.7. The average molecular weight is 418 g/mol. The van der Waals surface area contributed by atoms with Gasteiger partial charge in [0, 0.05) is 32.3 Å². The summed E-state index contributed by atoms with van der Waals surface area (Å²) in [5, 5.41) is 4.98. The third kappa shape index (κ3) is 5.20. The number of ether oxygens (including phenoxy) is 1. The highest BCUT2D eigenvalue weighted by atomic mass is 16.5. The number of fused-ring (bicyclic) bond motifs is 1. The maximum Gasteiger partial charge on any atom is 0.269 e. The molecule has 0 radical (unpaired) electrons. The Bertz CT molecular complexity index is 1080.